The van der Waals surface area contributed by atoms with Gasteiger partial charge in [-0.3, -0.25) is 14.4 Å². The monoisotopic (exact) mass is 348 g/mol. The largest absolute Gasteiger partial charge is 0.480 e. The summed E-state index contributed by atoms with van der Waals surface area (Å²) < 4.78 is 0. The molecule has 2 amide bonds. The molecule has 0 spiro atoms. The van der Waals surface area contributed by atoms with Crippen LogP contribution in [0.1, 0.15) is 55.3 Å². The van der Waals surface area contributed by atoms with E-state index in [9.17, 15) is 14.4 Å². The lowest BCUT2D eigenvalue weighted by Gasteiger charge is -2.23. The summed E-state index contributed by atoms with van der Waals surface area (Å²) in [4.78, 5) is 36.9. The van der Waals surface area contributed by atoms with Crippen molar-refractivity contribution in [2.45, 2.75) is 34.6 Å². The van der Waals surface area contributed by atoms with Gasteiger partial charge in [0.2, 0.25) is 0 Å². The molecule has 0 atom stereocenters. The van der Waals surface area contributed by atoms with E-state index in [4.69, 9.17) is 5.11 Å². The number of hydrogen-bond acceptors (Lipinski definition) is 3. The second kappa shape index (κ2) is 8.65. The predicted molar refractivity (Wildman–Crippen MR) is 96.6 cm³/mol. The van der Waals surface area contributed by atoms with Gasteiger partial charge in [0.15, 0.2) is 0 Å². The van der Waals surface area contributed by atoms with Crippen molar-refractivity contribution in [1.29, 1.82) is 0 Å². The van der Waals surface area contributed by atoms with Gasteiger partial charge in [0.05, 0.1) is 0 Å². The standard InChI is InChI=1S/C19H28N2O4/c1-13(2)10-21(11-16(22)23)18(25)15-8-6-14(7-9-15)17(24)20-12-19(3,4)5/h6-9,13H,10-12H2,1-5H3,(H,20,24)(H,22,23). The molecule has 0 bridgehead atoms. The van der Waals surface area contributed by atoms with Gasteiger partial charge in [0, 0.05) is 24.2 Å². The average Bonchev–Trinajstić information content (AvgIpc) is 2.50. The zero-order valence-corrected chi connectivity index (χ0v) is 15.6. The average molecular weight is 348 g/mol. The lowest BCUT2D eigenvalue weighted by atomic mass is 9.97. The minimum absolute atomic E-state index is 0.0141. The number of nitrogens with zero attached hydrogens (tertiary/aromatic N) is 1. The maximum absolute atomic E-state index is 12.5. The maximum Gasteiger partial charge on any atom is 0.323 e. The Morgan fingerprint density at radius 3 is 2.04 bits per heavy atom. The van der Waals surface area contributed by atoms with E-state index in [1.54, 1.807) is 24.3 Å². The molecule has 0 aromatic heterocycles. The van der Waals surface area contributed by atoms with Gasteiger partial charge in [-0.15, -0.1) is 0 Å². The Hall–Kier alpha value is -2.37. The van der Waals surface area contributed by atoms with Crippen molar-refractivity contribution in [3.63, 3.8) is 0 Å². The van der Waals surface area contributed by atoms with Gasteiger partial charge in [-0.1, -0.05) is 34.6 Å². The number of carbonyl (C=O) groups is 3. The molecule has 1 aromatic carbocycles. The Labute approximate surface area is 149 Å². The number of hydrogen-bond donors (Lipinski definition) is 2. The van der Waals surface area contributed by atoms with Crippen LogP contribution in [0.15, 0.2) is 24.3 Å². The van der Waals surface area contributed by atoms with Crippen LogP contribution < -0.4 is 5.32 Å². The van der Waals surface area contributed by atoms with Crippen LogP contribution in [0.25, 0.3) is 0 Å². The van der Waals surface area contributed by atoms with Crippen molar-refractivity contribution in [3.8, 4) is 0 Å². The zero-order valence-electron chi connectivity index (χ0n) is 15.6. The first-order chi connectivity index (χ1) is 11.5. The molecule has 0 aliphatic carbocycles. The predicted octanol–water partition coefficient (Wildman–Crippen LogP) is 2.65. The smallest absolute Gasteiger partial charge is 0.323 e. The number of nitrogens with one attached hydrogen (secondary N) is 1. The maximum atomic E-state index is 12.5. The molecule has 1 aromatic rings. The second-order valence-electron chi connectivity index (χ2n) is 7.79. The van der Waals surface area contributed by atoms with Gasteiger partial charge in [-0.25, -0.2) is 0 Å². The molecule has 0 aliphatic rings. The third-order valence-corrected chi connectivity index (χ3v) is 3.37. The first kappa shape index (κ1) is 20.7. The number of carboxylic acids is 1. The fourth-order valence-corrected chi connectivity index (χ4v) is 2.22. The van der Waals surface area contributed by atoms with Crippen molar-refractivity contribution in [1.82, 2.24) is 10.2 Å². The fraction of sp³-hybridized carbons (Fsp3) is 0.526. The van der Waals surface area contributed by atoms with Crippen LogP contribution in [0.5, 0.6) is 0 Å². The summed E-state index contributed by atoms with van der Waals surface area (Å²) in [6.07, 6.45) is 0. The molecule has 6 heteroatoms. The summed E-state index contributed by atoms with van der Waals surface area (Å²) in [6, 6.07) is 6.28. The number of benzene rings is 1. The quantitative estimate of drug-likeness (QED) is 0.793. The Kier molecular flexibility index (Phi) is 7.15. The highest BCUT2D eigenvalue weighted by molar-refractivity contribution is 5.98. The highest BCUT2D eigenvalue weighted by Gasteiger charge is 2.20. The van der Waals surface area contributed by atoms with Crippen LogP contribution >= 0.6 is 0 Å². The molecule has 0 heterocycles. The third-order valence-electron chi connectivity index (χ3n) is 3.37. The van der Waals surface area contributed by atoms with Crippen molar-refractivity contribution in [2.24, 2.45) is 11.3 Å². The van der Waals surface area contributed by atoms with Crippen LogP contribution in [-0.4, -0.2) is 47.4 Å². The third kappa shape index (κ3) is 7.37. The topological polar surface area (TPSA) is 86.7 Å². The van der Waals surface area contributed by atoms with E-state index in [1.165, 1.54) is 4.90 Å². The van der Waals surface area contributed by atoms with Crippen LogP contribution in [0.4, 0.5) is 0 Å². The Balaban J connectivity index is 2.83. The SMILES string of the molecule is CC(C)CN(CC(=O)O)C(=O)c1ccc(C(=O)NCC(C)(C)C)cc1. The second-order valence-corrected chi connectivity index (χ2v) is 7.79. The van der Waals surface area contributed by atoms with E-state index < -0.39 is 5.97 Å². The lowest BCUT2D eigenvalue weighted by molar-refractivity contribution is -0.137. The van der Waals surface area contributed by atoms with Crippen LogP contribution in [0.2, 0.25) is 0 Å². The van der Waals surface area contributed by atoms with Crippen molar-refractivity contribution in [3.05, 3.63) is 35.4 Å². The molecular weight excluding hydrogens is 320 g/mol. The molecule has 0 saturated carbocycles. The minimum atomic E-state index is -1.05. The number of carbonyl (C=O) groups excluding carboxylic acids is 2. The van der Waals surface area contributed by atoms with Crippen LogP contribution in [-0.2, 0) is 4.79 Å². The molecular formula is C19H28N2O4. The lowest BCUT2D eigenvalue weighted by Crippen LogP contribution is -2.38. The van der Waals surface area contributed by atoms with Crippen LogP contribution in [0.3, 0.4) is 0 Å². The van der Waals surface area contributed by atoms with Crippen molar-refractivity contribution < 1.29 is 19.5 Å². The summed E-state index contributed by atoms with van der Waals surface area (Å²) in [5.41, 5.74) is 0.823. The molecule has 25 heavy (non-hydrogen) atoms. The highest BCUT2D eigenvalue weighted by Crippen LogP contribution is 2.12. The van der Waals surface area contributed by atoms with E-state index in [1.807, 2.05) is 34.6 Å². The highest BCUT2D eigenvalue weighted by atomic mass is 16.4. The molecule has 0 aliphatic heterocycles. The van der Waals surface area contributed by atoms with Gasteiger partial charge in [0.1, 0.15) is 6.54 Å². The van der Waals surface area contributed by atoms with E-state index in [0.29, 0.717) is 24.2 Å². The van der Waals surface area contributed by atoms with Gasteiger partial charge in [0.25, 0.3) is 11.8 Å². The van der Waals surface area contributed by atoms with E-state index in [0.717, 1.165) is 0 Å². The van der Waals surface area contributed by atoms with Crippen LogP contribution in [0, 0.1) is 11.3 Å². The normalized spacial score (nSPS) is 11.3. The van der Waals surface area contributed by atoms with E-state index in [2.05, 4.69) is 5.32 Å². The molecule has 1 rings (SSSR count). The Morgan fingerprint density at radius 1 is 1.08 bits per heavy atom. The summed E-state index contributed by atoms with van der Waals surface area (Å²) in [5.74, 6) is -1.44. The van der Waals surface area contributed by atoms with Gasteiger partial charge in [-0.05, 0) is 35.6 Å². The number of rotatable bonds is 7. The molecule has 0 saturated heterocycles. The molecule has 2 N–H and O–H groups in total. The van der Waals surface area contributed by atoms with Gasteiger partial charge >= 0.3 is 5.97 Å². The molecule has 0 radical (unpaired) electrons. The van der Waals surface area contributed by atoms with E-state index in [-0.39, 0.29) is 29.7 Å². The first-order valence-corrected chi connectivity index (χ1v) is 8.39. The number of carboxylic acid groups (broad SMARTS) is 1. The molecule has 138 valence electrons. The fourth-order valence-electron chi connectivity index (χ4n) is 2.22. The molecule has 6 nitrogen and oxygen atoms in total. The van der Waals surface area contributed by atoms with Crippen molar-refractivity contribution in [2.75, 3.05) is 19.6 Å². The Bertz CT molecular complexity index is 615. The molecule has 0 unspecified atom stereocenters. The van der Waals surface area contributed by atoms with E-state index >= 15 is 0 Å². The number of aliphatic carboxylic acids is 1. The Morgan fingerprint density at radius 2 is 1.60 bits per heavy atom. The summed E-state index contributed by atoms with van der Waals surface area (Å²) in [5, 5.41) is 11.8. The van der Waals surface area contributed by atoms with Crippen molar-refractivity contribution >= 4 is 17.8 Å². The minimum Gasteiger partial charge on any atom is -0.480 e. The molecule has 0 fully saturated rings. The number of amides is 2. The summed E-state index contributed by atoms with van der Waals surface area (Å²) in [7, 11) is 0. The summed E-state index contributed by atoms with van der Waals surface area (Å²) >= 11 is 0. The van der Waals surface area contributed by atoms with Gasteiger partial charge in [-0.2, -0.15) is 0 Å². The summed E-state index contributed by atoms with van der Waals surface area (Å²) in [6.45, 7) is 10.5. The first-order valence-electron chi connectivity index (χ1n) is 8.39. The zero-order chi connectivity index (χ0) is 19.2. The van der Waals surface area contributed by atoms with Gasteiger partial charge < -0.3 is 15.3 Å².